The summed E-state index contributed by atoms with van der Waals surface area (Å²) in [5.41, 5.74) is 0. The number of methoxy groups -OCH3 is 1. The Labute approximate surface area is 170 Å². The van der Waals surface area contributed by atoms with Crippen molar-refractivity contribution in [3.63, 3.8) is 0 Å². The molecule has 1 fully saturated rings. The van der Waals surface area contributed by atoms with Crippen LogP contribution in [0.5, 0.6) is 0 Å². The van der Waals surface area contributed by atoms with Gasteiger partial charge in [-0.2, -0.15) is 13.2 Å². The Hall–Kier alpha value is -0.123. The fourth-order valence-corrected chi connectivity index (χ4v) is 6.79. The molecular formula is C18H31F3O3S2Si. The highest BCUT2D eigenvalue weighted by molar-refractivity contribution is 8.19. The summed E-state index contributed by atoms with van der Waals surface area (Å²) >= 11 is 3.19. The van der Waals surface area contributed by atoms with E-state index in [1.807, 2.05) is 33.9 Å². The molecular weight excluding hydrogens is 413 g/mol. The Bertz CT molecular complexity index is 525. The number of ether oxygens (including phenoxy) is 1. The smallest absolute Gasteiger partial charge is 0.413 e. The van der Waals surface area contributed by atoms with E-state index in [2.05, 4.69) is 4.74 Å². The molecule has 1 heterocycles. The molecule has 1 rings (SSSR count). The lowest BCUT2D eigenvalue weighted by Gasteiger charge is -2.41. The number of carbonyl (C=O) groups is 1. The highest BCUT2D eigenvalue weighted by Gasteiger charge is 2.48. The van der Waals surface area contributed by atoms with Gasteiger partial charge in [0.2, 0.25) is 0 Å². The van der Waals surface area contributed by atoms with Crippen molar-refractivity contribution >= 4 is 37.8 Å². The third-order valence-corrected chi connectivity index (χ3v) is 12.9. The minimum Gasteiger partial charge on any atom is -0.466 e. The Morgan fingerprint density at radius 3 is 2.22 bits per heavy atom. The zero-order valence-electron chi connectivity index (χ0n) is 16.9. The normalized spacial score (nSPS) is 19.9. The lowest BCUT2D eigenvalue weighted by molar-refractivity contribution is -0.200. The summed E-state index contributed by atoms with van der Waals surface area (Å²) in [4.78, 5) is 11.5. The first-order chi connectivity index (χ1) is 12.2. The summed E-state index contributed by atoms with van der Waals surface area (Å²) in [6.45, 7) is 9.46. The number of alkyl halides is 3. The predicted octanol–water partition coefficient (Wildman–Crippen LogP) is 6.01. The highest BCUT2D eigenvalue weighted by atomic mass is 32.2. The first kappa shape index (κ1) is 24.9. The van der Waals surface area contributed by atoms with Crippen molar-refractivity contribution in [1.29, 1.82) is 0 Å². The monoisotopic (exact) mass is 444 g/mol. The molecule has 1 saturated heterocycles. The summed E-state index contributed by atoms with van der Waals surface area (Å²) in [7, 11) is -1.27. The van der Waals surface area contributed by atoms with Gasteiger partial charge in [0, 0.05) is 6.08 Å². The molecule has 0 aromatic carbocycles. The van der Waals surface area contributed by atoms with Crippen molar-refractivity contribution < 1.29 is 27.1 Å². The molecule has 158 valence electrons. The van der Waals surface area contributed by atoms with Gasteiger partial charge in [-0.3, -0.25) is 0 Å². The van der Waals surface area contributed by atoms with Crippen molar-refractivity contribution in [3.8, 4) is 0 Å². The molecule has 0 aliphatic carbocycles. The largest absolute Gasteiger partial charge is 0.466 e. The quantitative estimate of drug-likeness (QED) is 0.273. The second-order valence-corrected chi connectivity index (χ2v) is 16.0. The van der Waals surface area contributed by atoms with E-state index in [4.69, 9.17) is 4.43 Å². The van der Waals surface area contributed by atoms with Crippen molar-refractivity contribution in [1.82, 2.24) is 0 Å². The van der Waals surface area contributed by atoms with Gasteiger partial charge in [-0.15, -0.1) is 23.5 Å². The standard InChI is InChI=1S/C18H31F3O3S2Si/c1-16(2,3)27(5,6)24-14(18(19,20)21)8-10-17(11-9-15(22)23-4)25-12-7-13-26-17/h9,11,14H,7-8,10,12-13H2,1-6H3/b11-9+/t14-/m0/s1. The zero-order valence-corrected chi connectivity index (χ0v) is 19.6. The molecule has 0 aromatic rings. The van der Waals surface area contributed by atoms with Crippen molar-refractivity contribution in [2.45, 2.75) is 74.5 Å². The molecule has 0 saturated carbocycles. The van der Waals surface area contributed by atoms with Crippen LogP contribution in [0, 0.1) is 0 Å². The van der Waals surface area contributed by atoms with Crippen LogP contribution < -0.4 is 0 Å². The van der Waals surface area contributed by atoms with E-state index in [0.717, 1.165) is 17.9 Å². The highest BCUT2D eigenvalue weighted by Crippen LogP contribution is 2.48. The molecule has 0 radical (unpaired) electrons. The number of carbonyl (C=O) groups excluding carboxylic acids is 1. The zero-order chi connectivity index (χ0) is 20.9. The van der Waals surface area contributed by atoms with Gasteiger partial charge in [0.05, 0.1) is 11.2 Å². The molecule has 9 heteroatoms. The van der Waals surface area contributed by atoms with Gasteiger partial charge in [0.15, 0.2) is 8.32 Å². The van der Waals surface area contributed by atoms with Gasteiger partial charge in [-0.25, -0.2) is 4.79 Å². The first-order valence-electron chi connectivity index (χ1n) is 9.02. The van der Waals surface area contributed by atoms with Crippen molar-refractivity contribution in [2.75, 3.05) is 18.6 Å². The average molecular weight is 445 g/mol. The van der Waals surface area contributed by atoms with Gasteiger partial charge < -0.3 is 9.16 Å². The second-order valence-electron chi connectivity index (χ2n) is 8.17. The van der Waals surface area contributed by atoms with Gasteiger partial charge in [-0.05, 0) is 48.9 Å². The lowest BCUT2D eigenvalue weighted by atomic mass is 10.1. The Morgan fingerprint density at radius 1 is 1.22 bits per heavy atom. The van der Waals surface area contributed by atoms with Crippen LogP contribution in [0.15, 0.2) is 12.2 Å². The molecule has 0 N–H and O–H groups in total. The summed E-state index contributed by atoms with van der Waals surface area (Å²) in [6.07, 6.45) is -2.00. The summed E-state index contributed by atoms with van der Waals surface area (Å²) in [5, 5.41) is -0.298. The summed E-state index contributed by atoms with van der Waals surface area (Å²) in [5.74, 6) is 1.22. The van der Waals surface area contributed by atoms with E-state index >= 15 is 0 Å². The Kier molecular flexibility index (Phi) is 8.84. The van der Waals surface area contributed by atoms with Crippen LogP contribution in [0.3, 0.4) is 0 Å². The SMILES string of the molecule is COC(=O)/C=C/C1(CC[C@H](O[Si](C)(C)C(C)(C)C)C(F)(F)F)SCCCS1. The molecule has 27 heavy (non-hydrogen) atoms. The van der Waals surface area contributed by atoms with Crippen LogP contribution in [-0.4, -0.2) is 49.3 Å². The van der Waals surface area contributed by atoms with E-state index in [1.54, 1.807) is 29.6 Å². The number of thioether (sulfide) groups is 2. The maximum Gasteiger partial charge on any atom is 0.413 e. The predicted molar refractivity (Wildman–Crippen MR) is 111 cm³/mol. The van der Waals surface area contributed by atoms with Gasteiger partial charge in [0.25, 0.3) is 0 Å². The molecule has 0 aromatic heterocycles. The van der Waals surface area contributed by atoms with E-state index < -0.39 is 30.6 Å². The molecule has 0 unspecified atom stereocenters. The third-order valence-electron chi connectivity index (χ3n) is 5.02. The number of halogens is 3. The molecule has 0 spiro atoms. The minimum atomic E-state index is -4.41. The molecule has 1 aliphatic heterocycles. The van der Waals surface area contributed by atoms with Crippen molar-refractivity contribution in [3.05, 3.63) is 12.2 Å². The van der Waals surface area contributed by atoms with Gasteiger partial charge in [-0.1, -0.05) is 26.8 Å². The van der Waals surface area contributed by atoms with Gasteiger partial charge >= 0.3 is 12.1 Å². The number of rotatable bonds is 7. The summed E-state index contributed by atoms with van der Waals surface area (Å²) < 4.78 is 50.8. The molecule has 0 amide bonds. The topological polar surface area (TPSA) is 35.5 Å². The number of esters is 1. The van der Waals surface area contributed by atoms with Crippen LogP contribution >= 0.6 is 23.5 Å². The summed E-state index contributed by atoms with van der Waals surface area (Å²) in [6, 6.07) is 0. The maximum atomic E-state index is 13.7. The maximum absolute atomic E-state index is 13.7. The Morgan fingerprint density at radius 2 is 1.78 bits per heavy atom. The van der Waals surface area contributed by atoms with Gasteiger partial charge in [0.1, 0.15) is 6.10 Å². The van der Waals surface area contributed by atoms with Crippen LogP contribution in [-0.2, 0) is 14.0 Å². The second kappa shape index (κ2) is 9.58. The van der Waals surface area contributed by atoms with Crippen LogP contribution in [0.25, 0.3) is 0 Å². The Balaban J connectivity index is 2.96. The number of hydrogen-bond donors (Lipinski definition) is 0. The number of hydrogen-bond acceptors (Lipinski definition) is 5. The molecule has 0 bridgehead atoms. The fourth-order valence-electron chi connectivity index (χ4n) is 2.33. The minimum absolute atomic E-state index is 0.123. The van der Waals surface area contributed by atoms with Crippen molar-refractivity contribution in [2.24, 2.45) is 0 Å². The molecule has 3 nitrogen and oxygen atoms in total. The van der Waals surface area contributed by atoms with E-state index in [-0.39, 0.29) is 17.9 Å². The molecule has 1 atom stereocenters. The van der Waals surface area contributed by atoms with Crippen LogP contribution in [0.2, 0.25) is 18.1 Å². The molecule has 1 aliphatic rings. The first-order valence-corrected chi connectivity index (χ1v) is 13.9. The van der Waals surface area contributed by atoms with Crippen LogP contribution in [0.1, 0.15) is 40.0 Å². The third kappa shape index (κ3) is 7.66. The van der Waals surface area contributed by atoms with E-state index in [9.17, 15) is 18.0 Å². The lowest BCUT2D eigenvalue weighted by Crippen LogP contribution is -2.48. The van der Waals surface area contributed by atoms with E-state index in [0.29, 0.717) is 0 Å². The average Bonchev–Trinajstić information content (AvgIpc) is 2.55. The van der Waals surface area contributed by atoms with E-state index in [1.165, 1.54) is 13.2 Å². The van der Waals surface area contributed by atoms with Crippen LogP contribution in [0.4, 0.5) is 13.2 Å². The fraction of sp³-hybridized carbons (Fsp3) is 0.833.